The normalized spacial score (nSPS) is 18.0. The van der Waals surface area contributed by atoms with E-state index in [2.05, 4.69) is 11.9 Å². The van der Waals surface area contributed by atoms with Crippen molar-refractivity contribution in [3.8, 4) is 0 Å². The summed E-state index contributed by atoms with van der Waals surface area (Å²) in [6.45, 7) is 2.13. The minimum atomic E-state index is -0.130. The molecule has 100 valence electrons. The molecule has 1 N–H and O–H groups in total. The topological polar surface area (TPSA) is 32.9 Å². The summed E-state index contributed by atoms with van der Waals surface area (Å²) in [6, 6.07) is 5.67. The molecule has 2 nitrogen and oxygen atoms in total. The van der Waals surface area contributed by atoms with Crippen molar-refractivity contribution in [2.45, 2.75) is 39.0 Å². The molecule has 0 saturated heterocycles. The number of Topliss-reactive ketones (excluding diaryl/α,β-unsaturated/α-hetero) is 1. The molecular formula is C16H18ClNO. The number of carbonyl (C=O) groups excluding carboxylic acids is 1. The number of halogens is 1. The molecule has 0 spiro atoms. The maximum atomic E-state index is 12.9. The molecule has 0 unspecified atom stereocenters. The van der Waals surface area contributed by atoms with Gasteiger partial charge in [-0.1, -0.05) is 37.4 Å². The summed E-state index contributed by atoms with van der Waals surface area (Å²) in [4.78, 5) is 16.1. The standard InChI is InChI=1S/C16H18ClNO/c1-2-16(7-3-4-8-16)15(19)13-10-18-14-9-11(17)5-6-12(13)14/h5-6,9-10,18H,2-4,7-8H2,1H3. The van der Waals surface area contributed by atoms with Crippen LogP contribution in [-0.4, -0.2) is 10.8 Å². The van der Waals surface area contributed by atoms with Crippen LogP contribution in [0.25, 0.3) is 10.9 Å². The number of rotatable bonds is 3. The Balaban J connectivity index is 2.06. The van der Waals surface area contributed by atoms with E-state index in [1.807, 2.05) is 24.4 Å². The van der Waals surface area contributed by atoms with E-state index in [4.69, 9.17) is 11.6 Å². The molecule has 1 aliphatic carbocycles. The van der Waals surface area contributed by atoms with Gasteiger partial charge in [0.1, 0.15) is 0 Å². The van der Waals surface area contributed by atoms with Crippen LogP contribution in [0.2, 0.25) is 5.02 Å². The van der Waals surface area contributed by atoms with Gasteiger partial charge < -0.3 is 4.98 Å². The summed E-state index contributed by atoms with van der Waals surface area (Å²) >= 11 is 5.98. The van der Waals surface area contributed by atoms with Crippen LogP contribution in [-0.2, 0) is 0 Å². The SMILES string of the molecule is CCC1(C(=O)c2c[nH]c3cc(Cl)ccc23)CCCC1. The highest BCUT2D eigenvalue weighted by atomic mass is 35.5. The van der Waals surface area contributed by atoms with Crippen LogP contribution in [0.3, 0.4) is 0 Å². The molecule has 1 saturated carbocycles. The van der Waals surface area contributed by atoms with Crippen molar-refractivity contribution in [1.29, 1.82) is 0 Å². The summed E-state index contributed by atoms with van der Waals surface area (Å²) in [5.74, 6) is 0.307. The number of benzene rings is 1. The molecule has 0 amide bonds. The smallest absolute Gasteiger partial charge is 0.171 e. The Hall–Kier alpha value is -1.28. The summed E-state index contributed by atoms with van der Waals surface area (Å²) in [6.07, 6.45) is 7.19. The van der Waals surface area contributed by atoms with Crippen molar-refractivity contribution in [2.24, 2.45) is 5.41 Å². The molecular weight excluding hydrogens is 258 g/mol. The van der Waals surface area contributed by atoms with Crippen LogP contribution in [0.5, 0.6) is 0 Å². The Morgan fingerprint density at radius 1 is 1.37 bits per heavy atom. The predicted octanol–water partition coefficient (Wildman–Crippen LogP) is 4.97. The Kier molecular flexibility index (Phi) is 3.14. The number of aromatic amines is 1. The summed E-state index contributed by atoms with van der Waals surface area (Å²) in [7, 11) is 0. The van der Waals surface area contributed by atoms with Crippen molar-refractivity contribution in [2.75, 3.05) is 0 Å². The van der Waals surface area contributed by atoms with Crippen LogP contribution < -0.4 is 0 Å². The number of fused-ring (bicyclic) bond motifs is 1. The zero-order valence-corrected chi connectivity index (χ0v) is 11.9. The molecule has 19 heavy (non-hydrogen) atoms. The minimum absolute atomic E-state index is 0.130. The first-order valence-electron chi connectivity index (χ1n) is 6.98. The molecule has 1 aromatic carbocycles. The highest BCUT2D eigenvalue weighted by Crippen LogP contribution is 2.44. The van der Waals surface area contributed by atoms with Crippen LogP contribution in [0.1, 0.15) is 49.4 Å². The zero-order valence-electron chi connectivity index (χ0n) is 11.1. The van der Waals surface area contributed by atoms with E-state index in [9.17, 15) is 4.79 Å². The molecule has 0 atom stereocenters. The summed E-state index contributed by atoms with van der Waals surface area (Å²) in [5, 5.41) is 1.69. The number of nitrogens with one attached hydrogen (secondary N) is 1. The zero-order chi connectivity index (χ0) is 13.5. The molecule has 3 rings (SSSR count). The number of carbonyl (C=O) groups is 1. The molecule has 0 aliphatic heterocycles. The van der Waals surface area contributed by atoms with Crippen LogP contribution in [0.15, 0.2) is 24.4 Å². The average Bonchev–Trinajstić information content (AvgIpc) is 3.04. The van der Waals surface area contributed by atoms with Gasteiger partial charge in [0.25, 0.3) is 0 Å². The van der Waals surface area contributed by atoms with Gasteiger partial charge in [0.05, 0.1) is 0 Å². The van der Waals surface area contributed by atoms with Gasteiger partial charge in [-0.2, -0.15) is 0 Å². The van der Waals surface area contributed by atoms with Crippen LogP contribution in [0, 0.1) is 5.41 Å². The molecule has 1 heterocycles. The number of ketones is 1. The Labute approximate surface area is 118 Å². The van der Waals surface area contributed by atoms with Gasteiger partial charge in [0.2, 0.25) is 0 Å². The third kappa shape index (κ3) is 1.99. The fourth-order valence-corrected chi connectivity index (χ4v) is 3.54. The van der Waals surface area contributed by atoms with E-state index < -0.39 is 0 Å². The predicted molar refractivity (Wildman–Crippen MR) is 78.8 cm³/mol. The lowest BCUT2D eigenvalue weighted by Gasteiger charge is -2.25. The number of aromatic nitrogens is 1. The molecule has 1 fully saturated rings. The van der Waals surface area contributed by atoms with Crippen molar-refractivity contribution >= 4 is 28.3 Å². The van der Waals surface area contributed by atoms with E-state index in [-0.39, 0.29) is 5.41 Å². The van der Waals surface area contributed by atoms with E-state index in [1.165, 1.54) is 12.8 Å². The lowest BCUT2D eigenvalue weighted by Crippen LogP contribution is -2.27. The summed E-state index contributed by atoms with van der Waals surface area (Å²) < 4.78 is 0. The van der Waals surface area contributed by atoms with Crippen LogP contribution in [0.4, 0.5) is 0 Å². The summed E-state index contributed by atoms with van der Waals surface area (Å²) in [5.41, 5.74) is 1.64. The maximum Gasteiger partial charge on any atom is 0.171 e. The first-order chi connectivity index (χ1) is 9.16. The lowest BCUT2D eigenvalue weighted by atomic mass is 9.76. The molecule has 2 aromatic rings. The highest BCUT2D eigenvalue weighted by Gasteiger charge is 2.40. The number of hydrogen-bond acceptors (Lipinski definition) is 1. The first-order valence-corrected chi connectivity index (χ1v) is 7.35. The molecule has 1 aliphatic rings. The van der Waals surface area contributed by atoms with Gasteiger partial charge in [-0.05, 0) is 31.4 Å². The quantitative estimate of drug-likeness (QED) is 0.788. The van der Waals surface area contributed by atoms with Crippen LogP contribution >= 0.6 is 11.6 Å². The lowest BCUT2D eigenvalue weighted by molar-refractivity contribution is 0.0793. The Morgan fingerprint density at radius 3 is 2.79 bits per heavy atom. The Morgan fingerprint density at radius 2 is 2.11 bits per heavy atom. The second kappa shape index (κ2) is 4.68. The largest absolute Gasteiger partial charge is 0.360 e. The van der Waals surface area contributed by atoms with Gasteiger partial charge in [-0.25, -0.2) is 0 Å². The van der Waals surface area contributed by atoms with Gasteiger partial charge in [0.15, 0.2) is 5.78 Å². The molecule has 0 radical (unpaired) electrons. The highest BCUT2D eigenvalue weighted by molar-refractivity contribution is 6.31. The van der Waals surface area contributed by atoms with Gasteiger partial charge in [-0.3, -0.25) is 4.79 Å². The van der Waals surface area contributed by atoms with Gasteiger partial charge >= 0.3 is 0 Å². The molecule has 1 aromatic heterocycles. The first kappa shape index (κ1) is 12.7. The van der Waals surface area contributed by atoms with Crippen molar-refractivity contribution in [3.63, 3.8) is 0 Å². The minimum Gasteiger partial charge on any atom is -0.360 e. The second-order valence-electron chi connectivity index (χ2n) is 5.56. The number of hydrogen-bond donors (Lipinski definition) is 1. The number of H-pyrrole nitrogens is 1. The fourth-order valence-electron chi connectivity index (χ4n) is 3.36. The maximum absolute atomic E-state index is 12.9. The third-order valence-corrected chi connectivity index (χ3v) is 4.84. The van der Waals surface area contributed by atoms with E-state index in [0.29, 0.717) is 10.8 Å². The van der Waals surface area contributed by atoms with Crippen molar-refractivity contribution in [3.05, 3.63) is 35.0 Å². The van der Waals surface area contributed by atoms with Crippen molar-refractivity contribution in [1.82, 2.24) is 4.98 Å². The van der Waals surface area contributed by atoms with Crippen molar-refractivity contribution < 1.29 is 4.79 Å². The Bertz CT molecular complexity index is 623. The van der Waals surface area contributed by atoms with Gasteiger partial charge in [-0.15, -0.1) is 0 Å². The molecule has 3 heteroatoms. The monoisotopic (exact) mass is 275 g/mol. The molecule has 0 bridgehead atoms. The van der Waals surface area contributed by atoms with E-state index in [0.717, 1.165) is 35.7 Å². The third-order valence-electron chi connectivity index (χ3n) is 4.61. The average molecular weight is 276 g/mol. The van der Waals surface area contributed by atoms with E-state index in [1.54, 1.807) is 0 Å². The van der Waals surface area contributed by atoms with E-state index >= 15 is 0 Å². The fraction of sp³-hybridized carbons (Fsp3) is 0.438. The van der Waals surface area contributed by atoms with Gasteiger partial charge in [0, 0.05) is 33.1 Å². The second-order valence-corrected chi connectivity index (χ2v) is 6.00.